The number of aliphatic imine (C=N–C) groups is 1. The van der Waals surface area contributed by atoms with Crippen LogP contribution in [0.25, 0.3) is 5.69 Å². The lowest BCUT2D eigenvalue weighted by atomic mass is 9.83. The molecule has 0 amide bonds. The molecule has 1 saturated carbocycles. The summed E-state index contributed by atoms with van der Waals surface area (Å²) >= 11 is 0. The predicted octanol–water partition coefficient (Wildman–Crippen LogP) is 3.93. The molecule has 0 atom stereocenters. The minimum absolute atomic E-state index is 0. The molecule has 1 heterocycles. The van der Waals surface area contributed by atoms with E-state index in [1.165, 1.54) is 25.7 Å². The zero-order valence-electron chi connectivity index (χ0n) is 18.1. The predicted molar refractivity (Wildman–Crippen MR) is 132 cm³/mol. The maximum absolute atomic E-state index is 5.63. The Bertz CT molecular complexity index is 758. The fourth-order valence-electron chi connectivity index (χ4n) is 4.01. The molecule has 1 aromatic carbocycles. The number of ether oxygens (including phenoxy) is 1. The number of guanidine groups is 1. The smallest absolute Gasteiger partial charge is 0.191 e. The molecule has 1 fully saturated rings. The molecule has 2 N–H and O–H groups in total. The van der Waals surface area contributed by atoms with E-state index in [1.54, 1.807) is 6.33 Å². The molecule has 1 aliphatic carbocycles. The molecule has 0 radical (unpaired) electrons. The average molecular weight is 526 g/mol. The summed E-state index contributed by atoms with van der Waals surface area (Å²) in [6.45, 7) is 7.99. The Morgan fingerprint density at radius 1 is 1.17 bits per heavy atom. The Kier molecular flexibility index (Phi) is 10.6. The maximum atomic E-state index is 5.63. The van der Waals surface area contributed by atoms with Gasteiger partial charge in [0.1, 0.15) is 12.9 Å². The van der Waals surface area contributed by atoms with E-state index in [0.29, 0.717) is 12.0 Å². The zero-order chi connectivity index (χ0) is 20.4. The SMILES string of the molecule is CCNC(=NCc1nncn1-c1ccccc1)NCC1(CCOCC)CCCC1.I. The zero-order valence-corrected chi connectivity index (χ0v) is 20.5. The van der Waals surface area contributed by atoms with Crippen LogP contribution in [0.4, 0.5) is 0 Å². The topological polar surface area (TPSA) is 76.4 Å². The van der Waals surface area contributed by atoms with E-state index in [0.717, 1.165) is 50.2 Å². The van der Waals surface area contributed by atoms with Crippen LogP contribution in [-0.4, -0.2) is 47.0 Å². The molecule has 0 unspecified atom stereocenters. The quantitative estimate of drug-likeness (QED) is 0.213. The minimum Gasteiger partial charge on any atom is -0.382 e. The van der Waals surface area contributed by atoms with Crippen LogP contribution >= 0.6 is 24.0 Å². The highest BCUT2D eigenvalue weighted by Crippen LogP contribution is 2.40. The molecule has 3 rings (SSSR count). The van der Waals surface area contributed by atoms with Gasteiger partial charge in [-0.15, -0.1) is 34.2 Å². The van der Waals surface area contributed by atoms with Crippen molar-refractivity contribution in [1.29, 1.82) is 0 Å². The summed E-state index contributed by atoms with van der Waals surface area (Å²) in [7, 11) is 0. The van der Waals surface area contributed by atoms with E-state index in [2.05, 4.69) is 34.7 Å². The van der Waals surface area contributed by atoms with Crippen LogP contribution < -0.4 is 10.6 Å². The van der Waals surface area contributed by atoms with Crippen LogP contribution in [0.5, 0.6) is 0 Å². The molecule has 1 aromatic heterocycles. The number of hydrogen-bond acceptors (Lipinski definition) is 4. The van der Waals surface area contributed by atoms with E-state index >= 15 is 0 Å². The number of para-hydroxylation sites is 1. The first-order chi connectivity index (χ1) is 14.3. The van der Waals surface area contributed by atoms with Crippen LogP contribution in [0, 0.1) is 5.41 Å². The van der Waals surface area contributed by atoms with Gasteiger partial charge in [-0.1, -0.05) is 31.0 Å². The van der Waals surface area contributed by atoms with Crippen molar-refractivity contribution in [1.82, 2.24) is 25.4 Å². The molecule has 8 heteroatoms. The first-order valence-corrected chi connectivity index (χ1v) is 10.8. The number of hydrogen-bond donors (Lipinski definition) is 2. The monoisotopic (exact) mass is 526 g/mol. The van der Waals surface area contributed by atoms with E-state index in [1.807, 2.05) is 34.9 Å². The molecule has 0 spiro atoms. The lowest BCUT2D eigenvalue weighted by molar-refractivity contribution is 0.105. The van der Waals surface area contributed by atoms with Crippen molar-refractivity contribution in [3.05, 3.63) is 42.5 Å². The first-order valence-electron chi connectivity index (χ1n) is 10.8. The molecule has 1 aliphatic rings. The van der Waals surface area contributed by atoms with Crippen molar-refractivity contribution in [3.63, 3.8) is 0 Å². The van der Waals surface area contributed by atoms with Gasteiger partial charge in [0.15, 0.2) is 11.8 Å². The fraction of sp³-hybridized carbons (Fsp3) is 0.591. The summed E-state index contributed by atoms with van der Waals surface area (Å²) in [5.41, 5.74) is 1.36. The highest BCUT2D eigenvalue weighted by atomic mass is 127. The minimum atomic E-state index is 0. The third-order valence-electron chi connectivity index (χ3n) is 5.65. The van der Waals surface area contributed by atoms with Crippen molar-refractivity contribution in [2.24, 2.45) is 10.4 Å². The van der Waals surface area contributed by atoms with Crippen LogP contribution in [0.1, 0.15) is 51.8 Å². The van der Waals surface area contributed by atoms with Crippen molar-refractivity contribution in [3.8, 4) is 5.69 Å². The number of aromatic nitrogens is 3. The van der Waals surface area contributed by atoms with E-state index in [9.17, 15) is 0 Å². The number of rotatable bonds is 10. The van der Waals surface area contributed by atoms with E-state index in [-0.39, 0.29) is 24.0 Å². The largest absolute Gasteiger partial charge is 0.382 e. The standard InChI is InChI=1S/C22H34N6O.HI/c1-3-23-21(25-17-22(12-8-9-13-22)14-15-29-4-2)24-16-20-27-26-18-28(20)19-10-6-5-7-11-19;/h5-7,10-11,18H,3-4,8-9,12-17H2,1-2H3,(H2,23,24,25);1H. The third kappa shape index (κ3) is 6.94. The van der Waals surface area contributed by atoms with Gasteiger partial charge in [0, 0.05) is 32.0 Å². The summed E-state index contributed by atoms with van der Waals surface area (Å²) in [6, 6.07) is 10.1. The second kappa shape index (κ2) is 12.9. The van der Waals surface area contributed by atoms with Gasteiger partial charge >= 0.3 is 0 Å². The average Bonchev–Trinajstić information content (AvgIpc) is 3.41. The van der Waals surface area contributed by atoms with Crippen LogP contribution in [0.3, 0.4) is 0 Å². The molecule has 0 aliphatic heterocycles. The lowest BCUT2D eigenvalue weighted by Crippen LogP contribution is -2.43. The van der Waals surface area contributed by atoms with Crippen molar-refractivity contribution >= 4 is 29.9 Å². The highest BCUT2D eigenvalue weighted by Gasteiger charge is 2.33. The molecule has 2 aromatic rings. The maximum Gasteiger partial charge on any atom is 0.191 e. The van der Waals surface area contributed by atoms with E-state index < -0.39 is 0 Å². The Morgan fingerprint density at radius 2 is 1.93 bits per heavy atom. The summed E-state index contributed by atoms with van der Waals surface area (Å²) < 4.78 is 7.61. The molecule has 7 nitrogen and oxygen atoms in total. The van der Waals surface area contributed by atoms with Gasteiger partial charge in [-0.25, -0.2) is 4.99 Å². The Balaban J connectivity index is 0.00000320. The van der Waals surface area contributed by atoms with Gasteiger partial charge in [0.05, 0.1) is 0 Å². The molecule has 0 bridgehead atoms. The first kappa shape index (κ1) is 24.6. The number of nitrogens with one attached hydrogen (secondary N) is 2. The molecule has 0 saturated heterocycles. The van der Waals surface area contributed by atoms with Crippen LogP contribution in [0.2, 0.25) is 0 Å². The lowest BCUT2D eigenvalue weighted by Gasteiger charge is -2.30. The van der Waals surface area contributed by atoms with Crippen LogP contribution in [0.15, 0.2) is 41.7 Å². The van der Waals surface area contributed by atoms with Gasteiger partial charge in [0.2, 0.25) is 0 Å². The van der Waals surface area contributed by atoms with Crippen molar-refractivity contribution < 1.29 is 4.74 Å². The number of nitrogens with zero attached hydrogens (tertiary/aromatic N) is 4. The molecular formula is C22H35IN6O. The van der Waals surface area contributed by atoms with Crippen molar-refractivity contribution in [2.75, 3.05) is 26.3 Å². The molecular weight excluding hydrogens is 491 g/mol. The third-order valence-corrected chi connectivity index (χ3v) is 5.65. The molecule has 166 valence electrons. The summed E-state index contributed by atoms with van der Waals surface area (Å²) in [6.07, 6.45) is 7.98. The fourth-order valence-corrected chi connectivity index (χ4v) is 4.01. The molecule has 30 heavy (non-hydrogen) atoms. The van der Waals surface area contributed by atoms with Crippen molar-refractivity contribution in [2.45, 2.75) is 52.5 Å². The van der Waals surface area contributed by atoms with Gasteiger partial charge in [0.25, 0.3) is 0 Å². The normalized spacial score (nSPS) is 15.6. The van der Waals surface area contributed by atoms with Gasteiger partial charge in [-0.2, -0.15) is 0 Å². The number of halogens is 1. The van der Waals surface area contributed by atoms with Gasteiger partial charge in [-0.3, -0.25) is 4.57 Å². The summed E-state index contributed by atoms with van der Waals surface area (Å²) in [5, 5.41) is 15.3. The number of benzene rings is 1. The van der Waals surface area contributed by atoms with Gasteiger partial charge in [-0.05, 0) is 50.7 Å². The second-order valence-corrected chi connectivity index (χ2v) is 7.66. The summed E-state index contributed by atoms with van der Waals surface area (Å²) in [4.78, 5) is 4.77. The van der Waals surface area contributed by atoms with E-state index in [4.69, 9.17) is 9.73 Å². The Morgan fingerprint density at radius 3 is 2.63 bits per heavy atom. The highest BCUT2D eigenvalue weighted by molar-refractivity contribution is 14.0. The Labute approximate surface area is 197 Å². The Hall–Kier alpha value is -1.68. The van der Waals surface area contributed by atoms with Gasteiger partial charge < -0.3 is 15.4 Å². The second-order valence-electron chi connectivity index (χ2n) is 7.66. The van der Waals surface area contributed by atoms with Crippen LogP contribution in [-0.2, 0) is 11.3 Å². The summed E-state index contributed by atoms with van der Waals surface area (Å²) in [5.74, 6) is 1.65.